The molecule has 1 saturated carbocycles. The van der Waals surface area contributed by atoms with Crippen molar-refractivity contribution in [1.82, 2.24) is 55.2 Å². The Morgan fingerprint density at radius 1 is 0.863 bits per heavy atom. The van der Waals surface area contributed by atoms with Crippen molar-refractivity contribution in [1.29, 1.82) is 0 Å². The molecule has 0 bridgehead atoms. The number of piperazine rings is 1. The maximum Gasteiger partial charge on any atom is 0.437 e. The lowest BCUT2D eigenvalue weighted by Gasteiger charge is -2.33. The standard InChI is InChI=1S/C59H62ClF10N13O10S2/c1-54(2,3)92-52(86)74-51(75-53(87)93-55(4,5)6)80-19-16-39(76-80)41-26-79(20-18-71-41)28-43(85)83(95(10,90)91)50-45-38(60)14-13-35(47(45)82(78-50)29-57(63,64)65)34-12-11-33(15-17-56(7,8)94(9,88)89)72-46(34)40(23-30-21-31(61)24-32(62)22-30)73-42(84)27-81-49-44(48(77-81)59(68,69)70)36-25-37(36)58(49,66)67/h11-14,16,19,21-22,24,36-37,40-41,71H,18,20,23,25-29H2,1-10H3,(H,73,84)(H,74,75,86,87)/t36-,37?,40-,41?/m0/s1. The first kappa shape index (κ1) is 71.1. The highest BCUT2D eigenvalue weighted by molar-refractivity contribution is 7.93. The van der Waals surface area contributed by atoms with Crippen molar-refractivity contribution in [2.75, 3.05) is 43.0 Å². The number of pyridine rings is 1. The molecule has 3 N–H and O–H groups in total. The van der Waals surface area contributed by atoms with Crippen molar-refractivity contribution in [3.05, 3.63) is 111 Å². The van der Waals surface area contributed by atoms with E-state index < -0.39 is 190 Å². The molecule has 9 rings (SSSR count). The van der Waals surface area contributed by atoms with Crippen LogP contribution in [0, 0.1) is 29.4 Å². The number of aliphatic imine (C=N–C) groups is 1. The van der Waals surface area contributed by atoms with Crippen molar-refractivity contribution >= 4 is 78.1 Å². The molecule has 2 fully saturated rings. The highest BCUT2D eigenvalue weighted by atomic mass is 35.5. The number of hydrogen-bond donors (Lipinski definition) is 3. The zero-order valence-electron chi connectivity index (χ0n) is 52.2. The molecule has 36 heteroatoms. The number of benzene rings is 2. The lowest BCUT2D eigenvalue weighted by atomic mass is 9.93. The van der Waals surface area contributed by atoms with Gasteiger partial charge in [-0.3, -0.25) is 29.2 Å². The van der Waals surface area contributed by atoms with Crippen molar-refractivity contribution in [3.8, 4) is 23.0 Å². The van der Waals surface area contributed by atoms with Crippen LogP contribution in [-0.2, 0) is 70.5 Å². The van der Waals surface area contributed by atoms with Crippen LogP contribution in [0.2, 0.25) is 5.02 Å². The average molecular weight is 1400 g/mol. The highest BCUT2D eigenvalue weighted by Crippen LogP contribution is 2.68. The van der Waals surface area contributed by atoms with Gasteiger partial charge in [0, 0.05) is 60.8 Å². The second-order valence-electron chi connectivity index (χ2n) is 25.4. The molecule has 1 aliphatic heterocycles. The van der Waals surface area contributed by atoms with E-state index in [4.69, 9.17) is 21.1 Å². The summed E-state index contributed by atoms with van der Waals surface area (Å²) in [5.74, 6) is -7.86. The lowest BCUT2D eigenvalue weighted by molar-refractivity contribution is -0.143. The first-order valence-corrected chi connectivity index (χ1v) is 33.0. The van der Waals surface area contributed by atoms with Gasteiger partial charge in [-0.15, -0.1) is 4.99 Å². The summed E-state index contributed by atoms with van der Waals surface area (Å²) in [6.45, 7) is 7.92. The van der Waals surface area contributed by atoms with Gasteiger partial charge >= 0.3 is 24.5 Å². The number of sulfone groups is 1. The Labute approximate surface area is 541 Å². The lowest BCUT2D eigenvalue weighted by Crippen LogP contribution is -2.51. The Kier molecular flexibility index (Phi) is 19.0. The molecular formula is C59H62ClF10N13O10S2. The number of aromatic nitrogens is 7. The molecule has 2 aliphatic carbocycles. The third-order valence-corrected chi connectivity index (χ3v) is 18.4. The number of hydrogen-bond acceptors (Lipinski definition) is 16. The number of fused-ring (bicyclic) bond motifs is 4. The molecule has 2 unspecified atom stereocenters. The van der Waals surface area contributed by atoms with Crippen LogP contribution in [-0.4, -0.2) is 147 Å². The van der Waals surface area contributed by atoms with E-state index in [1.807, 2.05) is 0 Å². The molecule has 1 saturated heterocycles. The van der Waals surface area contributed by atoms with Gasteiger partial charge < -0.3 is 20.1 Å². The molecule has 23 nitrogen and oxygen atoms in total. The number of nitrogens with one attached hydrogen (secondary N) is 3. The van der Waals surface area contributed by atoms with Gasteiger partial charge in [-0.25, -0.2) is 44.9 Å². The maximum absolute atomic E-state index is 15.8. The average Bonchev–Trinajstić information content (AvgIpc) is 1.52. The van der Waals surface area contributed by atoms with Gasteiger partial charge in [0.1, 0.15) is 52.1 Å². The van der Waals surface area contributed by atoms with Gasteiger partial charge in [-0.05, 0) is 122 Å². The van der Waals surface area contributed by atoms with Crippen LogP contribution in [0.15, 0.2) is 59.7 Å². The largest absolute Gasteiger partial charge is 0.444 e. The molecule has 95 heavy (non-hydrogen) atoms. The summed E-state index contributed by atoms with van der Waals surface area (Å²) in [6.07, 6.45) is -10.8. The van der Waals surface area contributed by atoms with Gasteiger partial charge in [0.25, 0.3) is 11.8 Å². The number of nitrogens with zero attached hydrogens (tertiary/aromatic N) is 10. The molecule has 512 valence electrons. The molecular weight excluding hydrogens is 1340 g/mol. The second kappa shape index (κ2) is 25.4. The van der Waals surface area contributed by atoms with Gasteiger partial charge in [0.15, 0.2) is 21.3 Å². The summed E-state index contributed by atoms with van der Waals surface area (Å²) in [7, 11) is -8.90. The third-order valence-electron chi connectivity index (χ3n) is 15.1. The van der Waals surface area contributed by atoms with Gasteiger partial charge in [-0.1, -0.05) is 23.6 Å². The van der Waals surface area contributed by atoms with Crippen molar-refractivity contribution in [3.63, 3.8) is 0 Å². The normalized spacial score (nSPS) is 18.1. The maximum atomic E-state index is 15.8. The Balaban J connectivity index is 1.14. The molecule has 0 radical (unpaired) electrons. The fourth-order valence-corrected chi connectivity index (χ4v) is 12.2. The number of carbonyl (C=O) groups is 4. The SMILES string of the molecule is CC(C)(C)OC(=O)/N=C(/NC(=O)OC(C)(C)C)n1ccc(C2CN(CC(=O)N(c3nn(CC(F)(F)F)c4c(-c5ccc(C#CC(C)(C)S(C)(=O)=O)nc5[C@H](Cc5cc(F)cc(F)c5)NC(=O)Cn5nc(C(F)(F)F)c6c5C(F)(F)C5C[C@H]65)ccc(Cl)c34)S(C)(=O)=O)CCN2)n1. The highest BCUT2D eigenvalue weighted by Gasteiger charge is 2.68. The summed E-state index contributed by atoms with van der Waals surface area (Å²) in [6, 6.07) is 5.40. The molecule has 3 aliphatic rings. The van der Waals surface area contributed by atoms with Gasteiger partial charge in [0.2, 0.25) is 21.9 Å². The number of halogens is 11. The second-order valence-corrected chi connectivity index (χ2v) is 30.2. The zero-order valence-corrected chi connectivity index (χ0v) is 54.6. The molecule has 2 aromatic carbocycles. The predicted molar refractivity (Wildman–Crippen MR) is 323 cm³/mol. The van der Waals surface area contributed by atoms with Crippen molar-refractivity contribution in [2.24, 2.45) is 10.9 Å². The first-order valence-electron chi connectivity index (χ1n) is 28.8. The number of alkyl carbamates (subject to hydrolysis) is 1. The molecule has 4 amide bonds. The Hall–Kier alpha value is -8.20. The smallest absolute Gasteiger partial charge is 0.437 e. The Morgan fingerprint density at radius 3 is 2.13 bits per heavy atom. The van der Waals surface area contributed by atoms with Crippen LogP contribution in [0.1, 0.15) is 119 Å². The summed E-state index contributed by atoms with van der Waals surface area (Å²) in [5.41, 5.74) is -7.86. The quantitative estimate of drug-likeness (QED) is 0.0397. The van der Waals surface area contributed by atoms with E-state index in [-0.39, 0.29) is 67.8 Å². The van der Waals surface area contributed by atoms with Crippen LogP contribution in [0.25, 0.3) is 22.0 Å². The minimum atomic E-state index is -5.26. The number of ether oxygens (including phenoxy) is 2. The molecule has 0 spiro atoms. The first-order chi connectivity index (χ1) is 43.7. The summed E-state index contributed by atoms with van der Waals surface area (Å²) in [4.78, 5) is 64.9. The minimum Gasteiger partial charge on any atom is -0.444 e. The number of alkyl halides is 8. The van der Waals surface area contributed by atoms with Crippen molar-refractivity contribution < 1.29 is 89.4 Å². The van der Waals surface area contributed by atoms with E-state index in [0.717, 1.165) is 47.3 Å². The third kappa shape index (κ3) is 16.2. The van der Waals surface area contributed by atoms with Crippen LogP contribution in [0.5, 0.6) is 0 Å². The van der Waals surface area contributed by atoms with E-state index in [2.05, 4.69) is 53.1 Å². The van der Waals surface area contributed by atoms with E-state index in [1.165, 1.54) is 31.0 Å². The Morgan fingerprint density at radius 2 is 1.52 bits per heavy atom. The summed E-state index contributed by atoms with van der Waals surface area (Å²) < 4.78 is 214. The van der Waals surface area contributed by atoms with E-state index >= 15 is 17.6 Å². The van der Waals surface area contributed by atoms with Crippen LogP contribution < -0.4 is 20.3 Å². The van der Waals surface area contributed by atoms with Crippen LogP contribution in [0.4, 0.5) is 59.3 Å². The number of sulfonamides is 1. The number of amides is 4. The fraction of sp³-hybridized carbons (Fsp3) is 0.475. The molecule has 5 heterocycles. The molecule has 4 atom stereocenters. The van der Waals surface area contributed by atoms with E-state index in [9.17, 15) is 62.4 Å². The number of rotatable bonds is 14. The van der Waals surface area contributed by atoms with E-state index in [1.54, 1.807) is 41.5 Å². The predicted octanol–water partition coefficient (Wildman–Crippen LogP) is 9.09. The molecule has 4 aromatic heterocycles. The summed E-state index contributed by atoms with van der Waals surface area (Å²) >= 11 is 6.85. The number of anilines is 1. The van der Waals surface area contributed by atoms with Crippen molar-refractivity contribution in [2.45, 2.75) is 134 Å². The number of carbonyl (C=O) groups excluding carboxylic acids is 4. The van der Waals surface area contributed by atoms with Gasteiger partial charge in [0.05, 0.1) is 52.2 Å². The van der Waals surface area contributed by atoms with Crippen LogP contribution >= 0.6 is 11.6 Å². The summed E-state index contributed by atoms with van der Waals surface area (Å²) in [5, 5.41) is 18.9. The Bertz CT molecular complexity index is 4390. The monoisotopic (exact) mass is 1400 g/mol. The van der Waals surface area contributed by atoms with Gasteiger partial charge in [-0.2, -0.15) is 54.7 Å². The topological polar surface area (TPSA) is 276 Å². The molecule has 6 aromatic rings. The van der Waals surface area contributed by atoms with Crippen LogP contribution in [0.3, 0.4) is 0 Å². The van der Waals surface area contributed by atoms with E-state index in [0.29, 0.717) is 12.3 Å². The minimum absolute atomic E-state index is 0.0499. The fourth-order valence-electron chi connectivity index (χ4n) is 10.8. The zero-order chi connectivity index (χ0) is 70.2.